The van der Waals surface area contributed by atoms with Crippen LogP contribution < -0.4 is 5.32 Å². The zero-order chi connectivity index (χ0) is 13.5. The van der Waals surface area contributed by atoms with Gasteiger partial charge in [0.05, 0.1) is 13.1 Å². The maximum absolute atomic E-state index is 12.2. The summed E-state index contributed by atoms with van der Waals surface area (Å²) in [6, 6.07) is 8.22. The van der Waals surface area contributed by atoms with E-state index in [9.17, 15) is 4.79 Å². The Hall–Kier alpha value is -1.17. The predicted octanol–water partition coefficient (Wildman–Crippen LogP) is 2.95. The Labute approximate surface area is 121 Å². The molecule has 0 unspecified atom stereocenters. The third-order valence-electron chi connectivity index (χ3n) is 2.80. The van der Waals surface area contributed by atoms with Gasteiger partial charge in [-0.15, -0.1) is 22.7 Å². The van der Waals surface area contributed by atoms with E-state index in [2.05, 4.69) is 28.2 Å². The van der Waals surface area contributed by atoms with Gasteiger partial charge in [0, 0.05) is 22.7 Å². The molecule has 5 heteroatoms. The largest absolute Gasteiger partial charge is 0.332 e. The Bertz CT molecular complexity index is 443. The molecule has 0 radical (unpaired) electrons. The van der Waals surface area contributed by atoms with Crippen molar-refractivity contribution in [2.75, 3.05) is 13.6 Å². The molecule has 0 saturated carbocycles. The molecule has 0 bridgehead atoms. The quantitative estimate of drug-likeness (QED) is 0.851. The average molecular weight is 294 g/mol. The Balaban J connectivity index is 2.01. The van der Waals surface area contributed by atoms with Gasteiger partial charge in [-0.3, -0.25) is 4.79 Å². The lowest BCUT2D eigenvalue weighted by Gasteiger charge is -2.21. The molecular weight excluding hydrogens is 276 g/mol. The topological polar surface area (TPSA) is 32.3 Å². The fourth-order valence-corrected chi connectivity index (χ4v) is 3.24. The zero-order valence-electron chi connectivity index (χ0n) is 11.0. The van der Waals surface area contributed by atoms with Crippen LogP contribution in [0.3, 0.4) is 0 Å². The van der Waals surface area contributed by atoms with Crippen molar-refractivity contribution in [3.05, 3.63) is 44.8 Å². The number of rotatable bonds is 7. The SMILES string of the molecule is CNCCC(=O)N(Cc1cccs1)Cc1cccs1. The smallest absolute Gasteiger partial charge is 0.224 e. The lowest BCUT2D eigenvalue weighted by molar-refractivity contribution is -0.132. The highest BCUT2D eigenvalue weighted by Gasteiger charge is 2.15. The van der Waals surface area contributed by atoms with E-state index in [0.29, 0.717) is 19.5 Å². The van der Waals surface area contributed by atoms with Crippen LogP contribution in [0.25, 0.3) is 0 Å². The molecule has 0 saturated heterocycles. The molecule has 0 aliphatic rings. The molecule has 102 valence electrons. The van der Waals surface area contributed by atoms with Crippen LogP contribution in [0.2, 0.25) is 0 Å². The molecule has 2 aromatic heterocycles. The first-order chi connectivity index (χ1) is 9.29. The summed E-state index contributed by atoms with van der Waals surface area (Å²) in [5.74, 6) is 0.205. The van der Waals surface area contributed by atoms with E-state index >= 15 is 0 Å². The van der Waals surface area contributed by atoms with E-state index < -0.39 is 0 Å². The first kappa shape index (κ1) is 14.2. The van der Waals surface area contributed by atoms with Gasteiger partial charge >= 0.3 is 0 Å². The number of hydrogen-bond acceptors (Lipinski definition) is 4. The predicted molar refractivity (Wildman–Crippen MR) is 81.4 cm³/mol. The maximum Gasteiger partial charge on any atom is 0.224 e. The molecule has 0 atom stereocenters. The Morgan fingerprint density at radius 1 is 1.16 bits per heavy atom. The summed E-state index contributed by atoms with van der Waals surface area (Å²) < 4.78 is 0. The Kier molecular flexibility index (Phi) is 5.57. The summed E-state index contributed by atoms with van der Waals surface area (Å²) in [5, 5.41) is 7.13. The van der Waals surface area contributed by atoms with Crippen LogP contribution in [-0.2, 0) is 17.9 Å². The van der Waals surface area contributed by atoms with Gasteiger partial charge in [0.25, 0.3) is 0 Å². The summed E-state index contributed by atoms with van der Waals surface area (Å²) in [7, 11) is 1.87. The van der Waals surface area contributed by atoms with Crippen LogP contribution in [0.4, 0.5) is 0 Å². The van der Waals surface area contributed by atoms with Crippen molar-refractivity contribution in [3.8, 4) is 0 Å². The van der Waals surface area contributed by atoms with E-state index in [4.69, 9.17) is 0 Å². The fourth-order valence-electron chi connectivity index (χ4n) is 1.80. The van der Waals surface area contributed by atoms with Gasteiger partial charge in [-0.25, -0.2) is 0 Å². The molecule has 0 fully saturated rings. The van der Waals surface area contributed by atoms with Crippen molar-refractivity contribution in [1.82, 2.24) is 10.2 Å². The zero-order valence-corrected chi connectivity index (χ0v) is 12.6. The summed E-state index contributed by atoms with van der Waals surface area (Å²) in [6.07, 6.45) is 0.549. The minimum absolute atomic E-state index is 0.205. The number of carbonyl (C=O) groups is 1. The van der Waals surface area contributed by atoms with E-state index in [0.717, 1.165) is 6.54 Å². The van der Waals surface area contributed by atoms with Gasteiger partial charge in [-0.2, -0.15) is 0 Å². The molecule has 0 aliphatic heterocycles. The van der Waals surface area contributed by atoms with Crippen LogP contribution in [0.1, 0.15) is 16.2 Å². The lowest BCUT2D eigenvalue weighted by atomic mass is 10.3. The van der Waals surface area contributed by atoms with Crippen molar-refractivity contribution >= 4 is 28.6 Å². The first-order valence-corrected chi connectivity index (χ1v) is 8.02. The van der Waals surface area contributed by atoms with Crippen molar-refractivity contribution in [3.63, 3.8) is 0 Å². The van der Waals surface area contributed by atoms with Crippen LogP contribution in [-0.4, -0.2) is 24.4 Å². The number of thiophene rings is 2. The van der Waals surface area contributed by atoms with Crippen molar-refractivity contribution in [2.24, 2.45) is 0 Å². The van der Waals surface area contributed by atoms with Gasteiger partial charge < -0.3 is 10.2 Å². The molecule has 2 heterocycles. The van der Waals surface area contributed by atoms with Crippen LogP contribution in [0.5, 0.6) is 0 Å². The lowest BCUT2D eigenvalue weighted by Crippen LogP contribution is -2.31. The summed E-state index contributed by atoms with van der Waals surface area (Å²) in [4.78, 5) is 16.7. The molecule has 19 heavy (non-hydrogen) atoms. The molecular formula is C14H18N2OS2. The molecule has 1 N–H and O–H groups in total. The third kappa shape index (κ3) is 4.45. The minimum atomic E-state index is 0.205. The number of nitrogens with one attached hydrogen (secondary N) is 1. The second-order valence-corrected chi connectivity index (χ2v) is 6.33. The van der Waals surface area contributed by atoms with E-state index in [1.54, 1.807) is 22.7 Å². The van der Waals surface area contributed by atoms with E-state index in [1.807, 2.05) is 24.1 Å². The number of hydrogen-bond donors (Lipinski definition) is 1. The van der Waals surface area contributed by atoms with Gasteiger partial charge in [-0.05, 0) is 29.9 Å². The van der Waals surface area contributed by atoms with Gasteiger partial charge in [-0.1, -0.05) is 12.1 Å². The van der Waals surface area contributed by atoms with Crippen molar-refractivity contribution < 1.29 is 4.79 Å². The average Bonchev–Trinajstić information content (AvgIpc) is 3.08. The number of nitrogens with zero attached hydrogens (tertiary/aromatic N) is 1. The van der Waals surface area contributed by atoms with Crippen LogP contribution >= 0.6 is 22.7 Å². The molecule has 1 amide bonds. The maximum atomic E-state index is 12.2. The minimum Gasteiger partial charge on any atom is -0.332 e. The number of amides is 1. The van der Waals surface area contributed by atoms with Crippen LogP contribution in [0.15, 0.2) is 35.0 Å². The highest BCUT2D eigenvalue weighted by molar-refractivity contribution is 7.10. The van der Waals surface area contributed by atoms with Crippen LogP contribution in [0, 0.1) is 0 Å². The van der Waals surface area contributed by atoms with Crippen molar-refractivity contribution in [2.45, 2.75) is 19.5 Å². The monoisotopic (exact) mass is 294 g/mol. The summed E-state index contributed by atoms with van der Waals surface area (Å²) in [6.45, 7) is 2.14. The second-order valence-electron chi connectivity index (χ2n) is 4.26. The van der Waals surface area contributed by atoms with Gasteiger partial charge in [0.1, 0.15) is 0 Å². The Morgan fingerprint density at radius 2 is 1.74 bits per heavy atom. The highest BCUT2D eigenvalue weighted by Crippen LogP contribution is 2.17. The molecule has 0 aromatic carbocycles. The molecule has 3 nitrogen and oxygen atoms in total. The molecule has 0 spiro atoms. The molecule has 2 aromatic rings. The standard InChI is InChI=1S/C14H18N2OS2/c1-15-7-6-14(17)16(10-12-4-2-8-18-12)11-13-5-3-9-19-13/h2-5,8-9,15H,6-7,10-11H2,1H3. The molecule has 0 aliphatic carbocycles. The Morgan fingerprint density at radius 3 is 2.16 bits per heavy atom. The van der Waals surface area contributed by atoms with Gasteiger partial charge in [0.15, 0.2) is 0 Å². The second kappa shape index (κ2) is 7.43. The third-order valence-corrected chi connectivity index (χ3v) is 4.52. The van der Waals surface area contributed by atoms with E-state index in [-0.39, 0.29) is 5.91 Å². The summed E-state index contributed by atoms with van der Waals surface area (Å²) in [5.41, 5.74) is 0. The number of carbonyl (C=O) groups excluding carboxylic acids is 1. The van der Waals surface area contributed by atoms with E-state index in [1.165, 1.54) is 9.75 Å². The first-order valence-electron chi connectivity index (χ1n) is 6.26. The van der Waals surface area contributed by atoms with Gasteiger partial charge in [0.2, 0.25) is 5.91 Å². The van der Waals surface area contributed by atoms with Crippen molar-refractivity contribution in [1.29, 1.82) is 0 Å². The molecule has 2 rings (SSSR count). The highest BCUT2D eigenvalue weighted by atomic mass is 32.1. The summed E-state index contributed by atoms with van der Waals surface area (Å²) >= 11 is 3.40. The fraction of sp³-hybridized carbons (Fsp3) is 0.357. The normalized spacial score (nSPS) is 10.6.